The summed E-state index contributed by atoms with van der Waals surface area (Å²) in [6.45, 7) is 3.95. The summed E-state index contributed by atoms with van der Waals surface area (Å²) in [6.07, 6.45) is 1.47. The molecule has 1 aromatic heterocycles. The largest absolute Gasteiger partial charge is 0.493 e. The van der Waals surface area contributed by atoms with E-state index in [2.05, 4.69) is 0 Å². The summed E-state index contributed by atoms with van der Waals surface area (Å²) in [7, 11) is 1.63. The van der Waals surface area contributed by atoms with Gasteiger partial charge in [0, 0.05) is 11.8 Å². The molecule has 1 atom stereocenters. The van der Waals surface area contributed by atoms with Gasteiger partial charge in [-0.25, -0.2) is 0 Å². The molecule has 1 unspecified atom stereocenters. The zero-order valence-corrected chi connectivity index (χ0v) is 10.3. The van der Waals surface area contributed by atoms with E-state index in [-0.39, 0.29) is 5.92 Å². The number of fused-ring (bicyclic) bond motifs is 1. The predicted molar refractivity (Wildman–Crippen MR) is 66.6 cm³/mol. The Balaban J connectivity index is 2.61. The number of rotatable bonds is 4. The lowest BCUT2D eigenvalue weighted by Crippen LogP contribution is -1.95. The van der Waals surface area contributed by atoms with Gasteiger partial charge in [0.25, 0.3) is 0 Å². The minimum Gasteiger partial charge on any atom is -0.493 e. The van der Waals surface area contributed by atoms with Crippen molar-refractivity contribution in [2.45, 2.75) is 26.2 Å². The van der Waals surface area contributed by atoms with Crippen molar-refractivity contribution in [2.75, 3.05) is 7.11 Å². The summed E-state index contributed by atoms with van der Waals surface area (Å²) in [6, 6.07) is 5.89. The van der Waals surface area contributed by atoms with Gasteiger partial charge < -0.3 is 13.9 Å². The van der Waals surface area contributed by atoms with Crippen molar-refractivity contribution in [3.8, 4) is 5.75 Å². The Hall–Kier alpha value is -1.77. The number of ether oxygens (including phenoxy) is 1. The molecular weight excluding hydrogens is 216 g/mol. The van der Waals surface area contributed by atoms with Gasteiger partial charge in [0.15, 0.2) is 11.3 Å². The number of carbonyl (C=O) groups is 1. The maximum absolute atomic E-state index is 10.6. The van der Waals surface area contributed by atoms with E-state index < -0.39 is 0 Å². The number of aldehydes is 1. The third-order valence-corrected chi connectivity index (χ3v) is 3.00. The number of hydrogen-bond donors (Lipinski definition) is 0. The zero-order chi connectivity index (χ0) is 12.4. The minimum absolute atomic E-state index is 0.193. The summed E-state index contributed by atoms with van der Waals surface area (Å²) in [5.74, 6) is 1.78. The molecule has 1 aromatic carbocycles. The first-order valence-corrected chi connectivity index (χ1v) is 5.68. The van der Waals surface area contributed by atoms with Crippen molar-refractivity contribution in [2.24, 2.45) is 0 Å². The van der Waals surface area contributed by atoms with Crippen LogP contribution in [0.3, 0.4) is 0 Å². The second-order valence-corrected chi connectivity index (χ2v) is 4.26. The average Bonchev–Trinajstić information content (AvgIpc) is 2.69. The zero-order valence-electron chi connectivity index (χ0n) is 10.3. The van der Waals surface area contributed by atoms with Crippen LogP contribution in [0.15, 0.2) is 22.6 Å². The monoisotopic (exact) mass is 232 g/mol. The van der Waals surface area contributed by atoms with Gasteiger partial charge in [-0.3, -0.25) is 0 Å². The first-order valence-electron chi connectivity index (χ1n) is 5.68. The first-order chi connectivity index (χ1) is 8.17. The van der Waals surface area contributed by atoms with Crippen LogP contribution >= 0.6 is 0 Å². The Morgan fingerprint density at radius 3 is 2.88 bits per heavy atom. The van der Waals surface area contributed by atoms with Crippen LogP contribution in [0, 0.1) is 6.92 Å². The number of furan rings is 1. The summed E-state index contributed by atoms with van der Waals surface area (Å²) >= 11 is 0. The summed E-state index contributed by atoms with van der Waals surface area (Å²) in [4.78, 5) is 10.6. The number of benzene rings is 1. The molecule has 0 N–H and O–H groups in total. The molecule has 0 saturated carbocycles. The molecule has 0 amide bonds. The molecule has 0 aliphatic carbocycles. The van der Waals surface area contributed by atoms with Gasteiger partial charge in [0.2, 0.25) is 0 Å². The van der Waals surface area contributed by atoms with Gasteiger partial charge in [-0.2, -0.15) is 0 Å². The smallest absolute Gasteiger partial charge is 0.176 e. The fraction of sp³-hybridized carbons (Fsp3) is 0.357. The molecule has 0 saturated heterocycles. The molecule has 2 rings (SSSR count). The van der Waals surface area contributed by atoms with Crippen LogP contribution in [-0.4, -0.2) is 13.4 Å². The lowest BCUT2D eigenvalue weighted by Gasteiger charge is -2.10. The van der Waals surface area contributed by atoms with Crippen LogP contribution in [0.1, 0.15) is 30.6 Å². The molecule has 1 heterocycles. The number of hydrogen-bond acceptors (Lipinski definition) is 3. The van der Waals surface area contributed by atoms with Crippen molar-refractivity contribution in [3.05, 3.63) is 29.5 Å². The van der Waals surface area contributed by atoms with Gasteiger partial charge in [-0.1, -0.05) is 13.0 Å². The van der Waals surface area contributed by atoms with E-state index in [4.69, 9.17) is 9.15 Å². The summed E-state index contributed by atoms with van der Waals surface area (Å²) < 4.78 is 10.9. The van der Waals surface area contributed by atoms with Gasteiger partial charge >= 0.3 is 0 Å². The third kappa shape index (κ3) is 2.05. The highest BCUT2D eigenvalue weighted by Gasteiger charge is 2.15. The predicted octanol–water partition coefficient (Wildman–Crippen LogP) is 3.44. The number of aryl methyl sites for hydroxylation is 1. The van der Waals surface area contributed by atoms with Crippen molar-refractivity contribution in [1.82, 2.24) is 0 Å². The molecule has 3 heteroatoms. The first kappa shape index (κ1) is 11.7. The molecule has 0 aliphatic heterocycles. The topological polar surface area (TPSA) is 39.4 Å². The van der Waals surface area contributed by atoms with E-state index in [1.165, 1.54) is 0 Å². The fourth-order valence-electron chi connectivity index (χ4n) is 2.10. The van der Waals surface area contributed by atoms with Crippen LogP contribution in [0.2, 0.25) is 0 Å². The molecule has 2 aromatic rings. The lowest BCUT2D eigenvalue weighted by molar-refractivity contribution is -0.108. The van der Waals surface area contributed by atoms with Crippen LogP contribution < -0.4 is 4.74 Å². The maximum atomic E-state index is 10.6. The Labute approximate surface area is 100 Å². The standard InChI is InChI=1S/C14H16O3/c1-9(6-7-15)11-4-5-13(16-3)14-12(11)8-10(2)17-14/h4-5,7-9H,6H2,1-3H3. The molecule has 0 radical (unpaired) electrons. The quantitative estimate of drug-likeness (QED) is 0.758. The molecular formula is C14H16O3. The van der Waals surface area contributed by atoms with Crippen LogP contribution in [0.25, 0.3) is 11.0 Å². The highest BCUT2D eigenvalue weighted by Crippen LogP contribution is 2.35. The molecule has 0 aliphatic rings. The lowest BCUT2D eigenvalue weighted by atomic mass is 9.95. The third-order valence-electron chi connectivity index (χ3n) is 3.00. The molecule has 0 bridgehead atoms. The van der Waals surface area contributed by atoms with E-state index in [1.807, 2.05) is 32.0 Å². The molecule has 17 heavy (non-hydrogen) atoms. The second kappa shape index (κ2) is 4.62. The van der Waals surface area contributed by atoms with E-state index >= 15 is 0 Å². The summed E-state index contributed by atoms with van der Waals surface area (Å²) in [5.41, 5.74) is 1.89. The maximum Gasteiger partial charge on any atom is 0.176 e. The van der Waals surface area contributed by atoms with Crippen LogP contribution in [0.5, 0.6) is 5.75 Å². The van der Waals surface area contributed by atoms with E-state index in [1.54, 1.807) is 7.11 Å². The fourth-order valence-corrected chi connectivity index (χ4v) is 2.10. The Morgan fingerprint density at radius 2 is 2.24 bits per heavy atom. The summed E-state index contributed by atoms with van der Waals surface area (Å²) in [5, 5.41) is 1.04. The second-order valence-electron chi connectivity index (χ2n) is 4.26. The molecule has 0 fully saturated rings. The van der Waals surface area contributed by atoms with Crippen LogP contribution in [-0.2, 0) is 4.79 Å². The van der Waals surface area contributed by atoms with E-state index in [0.717, 1.165) is 34.3 Å². The Kier molecular flexibility index (Phi) is 3.18. The normalized spacial score (nSPS) is 12.6. The van der Waals surface area contributed by atoms with Gasteiger partial charge in [-0.05, 0) is 30.5 Å². The number of carbonyl (C=O) groups excluding carboxylic acids is 1. The van der Waals surface area contributed by atoms with Gasteiger partial charge in [0.05, 0.1) is 7.11 Å². The molecule has 3 nitrogen and oxygen atoms in total. The van der Waals surface area contributed by atoms with Crippen molar-refractivity contribution in [3.63, 3.8) is 0 Å². The Bertz CT molecular complexity index is 540. The number of methoxy groups -OCH3 is 1. The molecule has 90 valence electrons. The molecule has 0 spiro atoms. The van der Waals surface area contributed by atoms with Crippen molar-refractivity contribution >= 4 is 17.3 Å². The van der Waals surface area contributed by atoms with Gasteiger partial charge in [-0.15, -0.1) is 0 Å². The SMILES string of the molecule is COc1ccc(C(C)CC=O)c2cc(C)oc12. The minimum atomic E-state index is 0.193. The Morgan fingerprint density at radius 1 is 1.47 bits per heavy atom. The highest BCUT2D eigenvalue weighted by atomic mass is 16.5. The average molecular weight is 232 g/mol. The van der Waals surface area contributed by atoms with E-state index in [0.29, 0.717) is 6.42 Å². The highest BCUT2D eigenvalue weighted by molar-refractivity contribution is 5.87. The van der Waals surface area contributed by atoms with Crippen molar-refractivity contribution in [1.29, 1.82) is 0 Å². The van der Waals surface area contributed by atoms with Crippen molar-refractivity contribution < 1.29 is 13.9 Å². The van der Waals surface area contributed by atoms with E-state index in [9.17, 15) is 4.79 Å². The van der Waals surface area contributed by atoms with Gasteiger partial charge in [0.1, 0.15) is 12.0 Å². The van der Waals surface area contributed by atoms with Crippen LogP contribution in [0.4, 0.5) is 0 Å².